The zero-order valence-corrected chi connectivity index (χ0v) is 11.8. The summed E-state index contributed by atoms with van der Waals surface area (Å²) in [6.45, 7) is 0.0964. The van der Waals surface area contributed by atoms with Crippen LogP contribution in [-0.2, 0) is 23.1 Å². The number of H-pyrrole nitrogens is 1. The molecule has 0 aliphatic carbocycles. The number of nitrogens with zero attached hydrogens (tertiary/aromatic N) is 1. The van der Waals surface area contributed by atoms with Gasteiger partial charge in [-0.05, 0) is 0 Å². The fraction of sp³-hybridized carbons (Fsp3) is 0.600. The summed E-state index contributed by atoms with van der Waals surface area (Å²) in [5.41, 5.74) is -1.27. The number of nitrogens with one attached hydrogen (secondary N) is 1. The fourth-order valence-corrected chi connectivity index (χ4v) is 3.57. The van der Waals surface area contributed by atoms with Gasteiger partial charge in [0, 0.05) is 19.4 Å². The van der Waals surface area contributed by atoms with Crippen LogP contribution in [0.3, 0.4) is 0 Å². The van der Waals surface area contributed by atoms with Crippen LogP contribution in [0.4, 0.5) is 0 Å². The molecule has 2 fully saturated rings. The predicted octanol–water partition coefficient (Wildman–Crippen LogP) is -1.04. The smallest absolute Gasteiger partial charge is 0.382 e. The molecule has 116 valence electrons. The first-order valence-electron chi connectivity index (χ1n) is 6.07. The minimum absolute atomic E-state index is 0.0964. The zero-order chi connectivity index (χ0) is 15.2. The van der Waals surface area contributed by atoms with Crippen LogP contribution in [0.15, 0.2) is 21.9 Å². The summed E-state index contributed by atoms with van der Waals surface area (Å²) in [6, 6.07) is 1.14. The van der Waals surface area contributed by atoms with E-state index in [9.17, 15) is 19.0 Å². The number of phosphoric ester groups is 1. The summed E-state index contributed by atoms with van der Waals surface area (Å²) >= 11 is 0. The lowest BCUT2D eigenvalue weighted by Crippen LogP contribution is -2.36. The average Bonchev–Trinajstić information content (AvgIpc) is 2.85. The van der Waals surface area contributed by atoms with Crippen molar-refractivity contribution >= 4 is 7.82 Å². The second kappa shape index (κ2) is 5.16. The SMILES string of the molecule is COC[C@H]1O[C@@H](n2ccc(=O)[nH]c2=O)[C@@H]2OP(=O)(O)O[C@@H]21. The van der Waals surface area contributed by atoms with E-state index < -0.39 is 43.6 Å². The Morgan fingerprint density at radius 1 is 1.43 bits per heavy atom. The molecule has 2 aliphatic rings. The van der Waals surface area contributed by atoms with Crippen LogP contribution in [0.1, 0.15) is 6.23 Å². The first-order chi connectivity index (χ1) is 9.91. The average molecular weight is 320 g/mol. The number of fused-ring (bicyclic) bond motifs is 1. The summed E-state index contributed by atoms with van der Waals surface area (Å²) in [4.78, 5) is 34.4. The van der Waals surface area contributed by atoms with Crippen molar-refractivity contribution in [2.45, 2.75) is 24.5 Å². The molecule has 2 saturated heterocycles. The van der Waals surface area contributed by atoms with Gasteiger partial charge in [0.2, 0.25) is 0 Å². The minimum Gasteiger partial charge on any atom is -0.382 e. The summed E-state index contributed by atoms with van der Waals surface area (Å²) < 4.78 is 33.1. The van der Waals surface area contributed by atoms with E-state index in [0.717, 1.165) is 10.6 Å². The molecule has 3 heterocycles. The molecule has 0 amide bonds. The number of hydrogen-bond acceptors (Lipinski definition) is 7. The lowest BCUT2D eigenvalue weighted by Gasteiger charge is -2.19. The summed E-state index contributed by atoms with van der Waals surface area (Å²) in [5.74, 6) is 0. The van der Waals surface area contributed by atoms with Gasteiger partial charge in [0.1, 0.15) is 18.3 Å². The summed E-state index contributed by atoms with van der Waals surface area (Å²) in [6.07, 6.45) is -2.24. The second-order valence-corrected chi connectivity index (χ2v) is 6.01. The Bertz CT molecular complexity index is 699. The highest BCUT2D eigenvalue weighted by Crippen LogP contribution is 2.58. The van der Waals surface area contributed by atoms with Gasteiger partial charge >= 0.3 is 13.5 Å². The molecule has 21 heavy (non-hydrogen) atoms. The molecule has 5 atom stereocenters. The van der Waals surface area contributed by atoms with Crippen molar-refractivity contribution in [1.82, 2.24) is 9.55 Å². The van der Waals surface area contributed by atoms with Crippen LogP contribution in [-0.4, -0.2) is 46.5 Å². The molecule has 1 aromatic heterocycles. The van der Waals surface area contributed by atoms with E-state index in [0.29, 0.717) is 0 Å². The van der Waals surface area contributed by atoms with Crippen molar-refractivity contribution in [2.75, 3.05) is 13.7 Å². The van der Waals surface area contributed by atoms with Crippen molar-refractivity contribution in [1.29, 1.82) is 0 Å². The van der Waals surface area contributed by atoms with Crippen molar-refractivity contribution < 1.29 is 28.0 Å². The molecule has 0 aromatic carbocycles. The van der Waals surface area contributed by atoms with Gasteiger partial charge in [-0.15, -0.1) is 0 Å². The standard InChI is InChI=1S/C10H13N2O8P/c1-17-4-5-7-8(20-21(15,16)19-7)9(18-5)12-3-2-6(13)11-10(12)14/h2-3,5,7-9H,4H2,1H3,(H,15,16)(H,11,13,14)/t5-,7-,8-,9-/m1/s1. The Hall–Kier alpha value is -1.29. The van der Waals surface area contributed by atoms with E-state index in [-0.39, 0.29) is 6.61 Å². The van der Waals surface area contributed by atoms with Gasteiger partial charge in [-0.25, -0.2) is 9.36 Å². The molecule has 0 saturated carbocycles. The third kappa shape index (κ3) is 2.61. The van der Waals surface area contributed by atoms with Gasteiger partial charge in [-0.3, -0.25) is 23.4 Å². The van der Waals surface area contributed by atoms with Crippen LogP contribution in [0, 0.1) is 0 Å². The second-order valence-electron chi connectivity index (χ2n) is 4.65. The molecule has 1 unspecified atom stereocenters. The van der Waals surface area contributed by atoms with E-state index in [1.54, 1.807) is 0 Å². The Morgan fingerprint density at radius 3 is 2.81 bits per heavy atom. The monoisotopic (exact) mass is 320 g/mol. The minimum atomic E-state index is -4.19. The Labute approximate surface area is 117 Å². The number of methoxy groups -OCH3 is 1. The highest BCUT2D eigenvalue weighted by molar-refractivity contribution is 7.47. The predicted molar refractivity (Wildman–Crippen MR) is 66.7 cm³/mol. The van der Waals surface area contributed by atoms with E-state index >= 15 is 0 Å². The Morgan fingerprint density at radius 2 is 2.14 bits per heavy atom. The Kier molecular flexibility index (Phi) is 3.60. The molecule has 3 rings (SSSR count). The van der Waals surface area contributed by atoms with Crippen LogP contribution < -0.4 is 11.2 Å². The van der Waals surface area contributed by atoms with Gasteiger partial charge in [-0.1, -0.05) is 0 Å². The molecular formula is C10H13N2O8P. The van der Waals surface area contributed by atoms with Crippen molar-refractivity contribution in [3.05, 3.63) is 33.1 Å². The van der Waals surface area contributed by atoms with Crippen molar-refractivity contribution in [3.63, 3.8) is 0 Å². The molecule has 2 aliphatic heterocycles. The maximum atomic E-state index is 11.8. The molecule has 0 spiro atoms. The van der Waals surface area contributed by atoms with Crippen LogP contribution >= 0.6 is 7.82 Å². The third-order valence-electron chi connectivity index (χ3n) is 3.25. The molecule has 2 N–H and O–H groups in total. The fourth-order valence-electron chi connectivity index (χ4n) is 2.43. The number of aromatic nitrogens is 2. The topological polar surface area (TPSA) is 129 Å². The van der Waals surface area contributed by atoms with E-state index in [1.165, 1.54) is 13.3 Å². The van der Waals surface area contributed by atoms with E-state index in [1.807, 2.05) is 0 Å². The molecule has 0 radical (unpaired) electrons. The van der Waals surface area contributed by atoms with Gasteiger partial charge in [-0.2, -0.15) is 0 Å². The Balaban J connectivity index is 1.97. The normalized spacial score (nSPS) is 38.6. The number of ether oxygens (including phenoxy) is 2. The highest BCUT2D eigenvalue weighted by atomic mass is 31.2. The first kappa shape index (κ1) is 14.6. The maximum absolute atomic E-state index is 11.8. The third-order valence-corrected chi connectivity index (χ3v) is 4.27. The van der Waals surface area contributed by atoms with Crippen molar-refractivity contribution in [3.8, 4) is 0 Å². The quantitative estimate of drug-likeness (QED) is 0.676. The van der Waals surface area contributed by atoms with Crippen LogP contribution in [0.2, 0.25) is 0 Å². The van der Waals surface area contributed by atoms with Crippen molar-refractivity contribution in [2.24, 2.45) is 0 Å². The molecule has 10 nitrogen and oxygen atoms in total. The lowest BCUT2D eigenvalue weighted by atomic mass is 10.1. The number of phosphoric acid groups is 1. The molecule has 1 aromatic rings. The molecular weight excluding hydrogens is 307 g/mol. The number of aromatic amines is 1. The largest absolute Gasteiger partial charge is 0.473 e. The molecule has 11 heteroatoms. The van der Waals surface area contributed by atoms with E-state index in [2.05, 4.69) is 4.98 Å². The number of hydrogen-bond donors (Lipinski definition) is 2. The van der Waals surface area contributed by atoms with Gasteiger partial charge in [0.15, 0.2) is 6.23 Å². The first-order valence-corrected chi connectivity index (χ1v) is 7.56. The maximum Gasteiger partial charge on any atom is 0.473 e. The highest BCUT2D eigenvalue weighted by Gasteiger charge is 2.57. The van der Waals surface area contributed by atoms with Crippen LogP contribution in [0.25, 0.3) is 0 Å². The van der Waals surface area contributed by atoms with Crippen LogP contribution in [0.5, 0.6) is 0 Å². The zero-order valence-electron chi connectivity index (χ0n) is 10.9. The summed E-state index contributed by atoms with van der Waals surface area (Å²) in [5, 5.41) is 0. The van der Waals surface area contributed by atoms with E-state index in [4.69, 9.17) is 18.5 Å². The van der Waals surface area contributed by atoms with Gasteiger partial charge < -0.3 is 14.4 Å². The summed E-state index contributed by atoms with van der Waals surface area (Å²) in [7, 11) is -2.75. The van der Waals surface area contributed by atoms with Gasteiger partial charge in [0.05, 0.1) is 6.61 Å². The van der Waals surface area contributed by atoms with Gasteiger partial charge in [0.25, 0.3) is 5.56 Å². The number of rotatable bonds is 3. The lowest BCUT2D eigenvalue weighted by molar-refractivity contribution is -0.0687. The molecule has 0 bridgehead atoms.